The van der Waals surface area contributed by atoms with Gasteiger partial charge in [-0.2, -0.15) is 13.2 Å². The molecule has 8 heteroatoms. The number of halogens is 6. The first-order chi connectivity index (χ1) is 7.27. The molecule has 0 atom stereocenters. The molecule has 0 bridgehead atoms. The third-order valence-electron chi connectivity index (χ3n) is 1.64. The predicted molar refractivity (Wildman–Crippen MR) is 52.3 cm³/mol. The second-order valence-electron chi connectivity index (χ2n) is 2.71. The van der Waals surface area contributed by atoms with Crippen molar-refractivity contribution in [3.05, 3.63) is 26.6 Å². The number of carbonyl (C=O) groups excluding carboxylic acids is 1. The molecule has 0 saturated heterocycles. The Hall–Kier alpha value is -0.800. The highest BCUT2D eigenvalue weighted by atomic mass is 127. The molecule has 88 valence electrons. The summed E-state index contributed by atoms with van der Waals surface area (Å²) in [6.45, 7) is 0. The number of nitrogens with zero attached hydrogens (tertiary/aromatic N) is 1. The molecule has 0 N–H and O–H groups in total. The fraction of sp³-hybridized carbons (Fsp3) is 0.250. The molecule has 0 radical (unpaired) electrons. The first kappa shape index (κ1) is 13.3. The van der Waals surface area contributed by atoms with Crippen molar-refractivity contribution in [2.45, 2.75) is 12.6 Å². The van der Waals surface area contributed by atoms with Crippen LogP contribution in [0.3, 0.4) is 0 Å². The zero-order chi connectivity index (χ0) is 12.5. The second kappa shape index (κ2) is 4.60. The minimum atomic E-state index is -4.79. The SMILES string of the molecule is O=Cc1cc(C(F)(F)F)c(I)c(C(F)F)n1. The largest absolute Gasteiger partial charge is 0.417 e. The maximum atomic E-state index is 12.4. The Morgan fingerprint density at radius 2 is 1.94 bits per heavy atom. The smallest absolute Gasteiger partial charge is 0.296 e. The minimum Gasteiger partial charge on any atom is -0.296 e. The number of carbonyl (C=O) groups is 1. The summed E-state index contributed by atoms with van der Waals surface area (Å²) in [6.07, 6.45) is -7.95. The molecule has 2 nitrogen and oxygen atoms in total. The summed E-state index contributed by atoms with van der Waals surface area (Å²) in [5.41, 5.74) is -2.97. The van der Waals surface area contributed by atoms with Crippen molar-refractivity contribution in [2.24, 2.45) is 0 Å². The summed E-state index contributed by atoms with van der Waals surface area (Å²) in [6, 6.07) is 0.445. The Bertz CT molecular complexity index is 418. The molecule has 0 amide bonds. The normalized spacial score (nSPS) is 11.9. The van der Waals surface area contributed by atoms with E-state index in [2.05, 4.69) is 4.98 Å². The molecule has 0 aliphatic rings. The van der Waals surface area contributed by atoms with E-state index in [0.29, 0.717) is 6.07 Å². The van der Waals surface area contributed by atoms with E-state index in [0.717, 1.165) is 22.6 Å². The minimum absolute atomic E-state index is 0.00278. The van der Waals surface area contributed by atoms with Gasteiger partial charge in [0.25, 0.3) is 6.43 Å². The van der Waals surface area contributed by atoms with Gasteiger partial charge in [-0.3, -0.25) is 4.79 Å². The van der Waals surface area contributed by atoms with Crippen LogP contribution in [-0.4, -0.2) is 11.3 Å². The lowest BCUT2D eigenvalue weighted by Gasteiger charge is -2.12. The highest BCUT2D eigenvalue weighted by molar-refractivity contribution is 14.1. The van der Waals surface area contributed by atoms with Crippen LogP contribution in [0.2, 0.25) is 0 Å². The molecule has 1 heterocycles. The van der Waals surface area contributed by atoms with Crippen molar-refractivity contribution >= 4 is 28.9 Å². The lowest BCUT2D eigenvalue weighted by atomic mass is 10.2. The number of pyridine rings is 1. The van der Waals surface area contributed by atoms with E-state index in [4.69, 9.17) is 0 Å². The maximum Gasteiger partial charge on any atom is 0.417 e. The van der Waals surface area contributed by atoms with Gasteiger partial charge >= 0.3 is 6.18 Å². The lowest BCUT2D eigenvalue weighted by Crippen LogP contribution is -2.12. The standard InChI is InChI=1S/C8H3F5INO/c9-7(10)6-5(14)4(8(11,12)13)1-3(2-16)15-6/h1-2,7H. The summed E-state index contributed by atoms with van der Waals surface area (Å²) >= 11 is 1.14. The molecule has 1 aromatic rings. The summed E-state index contributed by atoms with van der Waals surface area (Å²) in [4.78, 5) is 13.4. The quantitative estimate of drug-likeness (QED) is 0.464. The monoisotopic (exact) mass is 351 g/mol. The van der Waals surface area contributed by atoms with Crippen LogP contribution in [0.15, 0.2) is 6.07 Å². The van der Waals surface area contributed by atoms with Gasteiger partial charge in [0.2, 0.25) is 0 Å². The van der Waals surface area contributed by atoms with Gasteiger partial charge in [-0.25, -0.2) is 13.8 Å². The first-order valence-corrected chi connectivity index (χ1v) is 4.86. The van der Waals surface area contributed by atoms with Gasteiger partial charge in [-0.15, -0.1) is 0 Å². The Kier molecular flexibility index (Phi) is 3.81. The highest BCUT2D eigenvalue weighted by Gasteiger charge is 2.36. The number of rotatable bonds is 2. The van der Waals surface area contributed by atoms with Crippen molar-refractivity contribution in [1.82, 2.24) is 4.98 Å². The molecule has 0 spiro atoms. The van der Waals surface area contributed by atoms with Crippen LogP contribution >= 0.6 is 22.6 Å². The van der Waals surface area contributed by atoms with Crippen molar-refractivity contribution in [1.29, 1.82) is 0 Å². The number of hydrogen-bond donors (Lipinski definition) is 0. The predicted octanol–water partition coefficient (Wildman–Crippen LogP) is 3.46. The van der Waals surface area contributed by atoms with Crippen LogP contribution in [0.4, 0.5) is 22.0 Å². The van der Waals surface area contributed by atoms with E-state index >= 15 is 0 Å². The van der Waals surface area contributed by atoms with E-state index < -0.39 is 33.1 Å². The van der Waals surface area contributed by atoms with Gasteiger partial charge in [0.1, 0.15) is 11.4 Å². The van der Waals surface area contributed by atoms with Crippen LogP contribution in [0, 0.1) is 3.57 Å². The van der Waals surface area contributed by atoms with E-state index in [9.17, 15) is 26.7 Å². The molecule has 1 rings (SSSR count). The van der Waals surface area contributed by atoms with Crippen LogP contribution in [0.5, 0.6) is 0 Å². The Morgan fingerprint density at radius 3 is 2.31 bits per heavy atom. The molecular weight excluding hydrogens is 348 g/mol. The average Bonchev–Trinajstić information content (AvgIpc) is 2.15. The second-order valence-corrected chi connectivity index (χ2v) is 3.79. The zero-order valence-corrected chi connectivity index (χ0v) is 9.51. The highest BCUT2D eigenvalue weighted by Crippen LogP contribution is 2.36. The van der Waals surface area contributed by atoms with Crippen LogP contribution in [0.25, 0.3) is 0 Å². The molecule has 0 saturated carbocycles. The van der Waals surface area contributed by atoms with Gasteiger partial charge in [0, 0.05) is 0 Å². The Balaban J connectivity index is 3.49. The van der Waals surface area contributed by atoms with Crippen LogP contribution < -0.4 is 0 Å². The van der Waals surface area contributed by atoms with E-state index in [-0.39, 0.29) is 6.29 Å². The molecule has 0 unspecified atom stereocenters. The fourth-order valence-corrected chi connectivity index (χ4v) is 1.80. The molecule has 16 heavy (non-hydrogen) atoms. The molecule has 0 aliphatic carbocycles. The summed E-state index contributed by atoms with van der Waals surface area (Å²) in [5, 5.41) is 0. The van der Waals surface area contributed by atoms with Crippen molar-refractivity contribution < 1.29 is 26.7 Å². The van der Waals surface area contributed by atoms with E-state index in [1.54, 1.807) is 0 Å². The molecule has 0 fully saturated rings. The van der Waals surface area contributed by atoms with Crippen molar-refractivity contribution in [3.63, 3.8) is 0 Å². The van der Waals surface area contributed by atoms with E-state index in [1.165, 1.54) is 0 Å². The van der Waals surface area contributed by atoms with Crippen molar-refractivity contribution in [2.75, 3.05) is 0 Å². The molecule has 1 aromatic heterocycles. The fourth-order valence-electron chi connectivity index (χ4n) is 0.981. The third kappa shape index (κ3) is 2.66. The van der Waals surface area contributed by atoms with Crippen LogP contribution in [0.1, 0.15) is 28.2 Å². The average molecular weight is 351 g/mol. The number of aromatic nitrogens is 1. The zero-order valence-electron chi connectivity index (χ0n) is 7.36. The number of alkyl halides is 5. The van der Waals surface area contributed by atoms with E-state index in [1.807, 2.05) is 0 Å². The topological polar surface area (TPSA) is 30.0 Å². The Morgan fingerprint density at radius 1 is 1.38 bits per heavy atom. The van der Waals surface area contributed by atoms with Crippen LogP contribution in [-0.2, 0) is 6.18 Å². The summed E-state index contributed by atoms with van der Waals surface area (Å²) < 4.78 is 61.3. The number of hydrogen-bond acceptors (Lipinski definition) is 2. The summed E-state index contributed by atoms with van der Waals surface area (Å²) in [5.74, 6) is 0. The third-order valence-corrected chi connectivity index (χ3v) is 2.77. The molecule has 0 aromatic carbocycles. The lowest BCUT2D eigenvalue weighted by molar-refractivity contribution is -0.138. The van der Waals surface area contributed by atoms with Gasteiger partial charge in [0.15, 0.2) is 6.29 Å². The molecular formula is C8H3F5INO. The van der Waals surface area contributed by atoms with Gasteiger partial charge < -0.3 is 0 Å². The van der Waals surface area contributed by atoms with Gasteiger partial charge in [-0.05, 0) is 28.7 Å². The summed E-state index contributed by atoms with van der Waals surface area (Å²) in [7, 11) is 0. The molecule has 0 aliphatic heterocycles. The number of aldehydes is 1. The van der Waals surface area contributed by atoms with Gasteiger partial charge in [0.05, 0.1) is 9.13 Å². The van der Waals surface area contributed by atoms with Gasteiger partial charge in [-0.1, -0.05) is 0 Å². The Labute approximate surface area is 100.0 Å². The van der Waals surface area contributed by atoms with Crippen molar-refractivity contribution in [3.8, 4) is 0 Å². The maximum absolute atomic E-state index is 12.4. The first-order valence-electron chi connectivity index (χ1n) is 3.78.